The average molecular weight is 249 g/mol. The number of carbonyl (C=O) groups is 1. The van der Waals surface area contributed by atoms with E-state index in [0.29, 0.717) is 18.4 Å². The van der Waals surface area contributed by atoms with Crippen molar-refractivity contribution < 1.29 is 14.6 Å². The number of hydrogen-bond acceptors (Lipinski definition) is 3. The van der Waals surface area contributed by atoms with Crippen molar-refractivity contribution in [2.24, 2.45) is 5.92 Å². The molecule has 1 aliphatic rings. The van der Waals surface area contributed by atoms with Gasteiger partial charge in [0.25, 0.3) is 0 Å². The van der Waals surface area contributed by atoms with Crippen LogP contribution in [0.1, 0.15) is 30.1 Å². The van der Waals surface area contributed by atoms with Crippen LogP contribution in [0.5, 0.6) is 5.75 Å². The van der Waals surface area contributed by atoms with E-state index < -0.39 is 5.97 Å². The molecule has 2 rings (SSSR count). The van der Waals surface area contributed by atoms with Gasteiger partial charge in [-0.15, -0.1) is 0 Å². The Kier molecular flexibility index (Phi) is 4.20. The molecule has 1 aromatic rings. The van der Waals surface area contributed by atoms with Crippen LogP contribution in [-0.2, 0) is 0 Å². The lowest BCUT2D eigenvalue weighted by atomic mass is 9.82. The summed E-state index contributed by atoms with van der Waals surface area (Å²) >= 11 is 0. The number of benzene rings is 1. The number of ether oxygens (including phenoxy) is 1. The van der Waals surface area contributed by atoms with E-state index in [9.17, 15) is 4.79 Å². The quantitative estimate of drug-likeness (QED) is 0.758. The van der Waals surface area contributed by atoms with Gasteiger partial charge in [0.15, 0.2) is 0 Å². The molecule has 0 bridgehead atoms. The van der Waals surface area contributed by atoms with E-state index in [1.807, 2.05) is 0 Å². The second kappa shape index (κ2) is 5.87. The summed E-state index contributed by atoms with van der Waals surface area (Å²) in [6.45, 7) is 3.62. The lowest BCUT2D eigenvalue weighted by Crippen LogP contribution is -2.41. The summed E-state index contributed by atoms with van der Waals surface area (Å²) < 4.78 is 5.52. The van der Waals surface area contributed by atoms with Gasteiger partial charge < -0.3 is 15.2 Å². The van der Waals surface area contributed by atoms with Gasteiger partial charge in [0.05, 0.1) is 5.56 Å². The minimum atomic E-state index is -0.929. The molecule has 0 aliphatic heterocycles. The molecule has 4 nitrogen and oxygen atoms in total. The number of nitrogens with one attached hydrogen (secondary N) is 1. The summed E-state index contributed by atoms with van der Waals surface area (Å²) in [6.07, 6.45) is 2.49. The van der Waals surface area contributed by atoms with Crippen molar-refractivity contribution in [3.8, 4) is 5.75 Å². The molecule has 0 spiro atoms. The van der Waals surface area contributed by atoms with Gasteiger partial charge in [0.1, 0.15) is 12.4 Å². The maximum absolute atomic E-state index is 10.8. The van der Waals surface area contributed by atoms with Crippen LogP contribution in [0.4, 0.5) is 0 Å². The van der Waals surface area contributed by atoms with Crippen LogP contribution >= 0.6 is 0 Å². The molecule has 0 saturated heterocycles. The third-order valence-corrected chi connectivity index (χ3v) is 3.26. The number of carboxylic acid groups (broad SMARTS) is 1. The van der Waals surface area contributed by atoms with E-state index in [0.717, 1.165) is 12.5 Å². The van der Waals surface area contributed by atoms with Crippen LogP contribution in [0.3, 0.4) is 0 Å². The number of aromatic carboxylic acids is 1. The zero-order valence-corrected chi connectivity index (χ0v) is 10.6. The monoisotopic (exact) mass is 249 g/mol. The summed E-state index contributed by atoms with van der Waals surface area (Å²) in [5.74, 6) is 0.524. The summed E-state index contributed by atoms with van der Waals surface area (Å²) in [5, 5.41) is 12.3. The van der Waals surface area contributed by atoms with Gasteiger partial charge in [-0.2, -0.15) is 0 Å². The Labute approximate surface area is 107 Å². The highest BCUT2D eigenvalue weighted by Crippen LogP contribution is 2.25. The van der Waals surface area contributed by atoms with Crippen LogP contribution < -0.4 is 10.1 Å². The minimum absolute atomic E-state index is 0.258. The molecule has 0 atom stereocenters. The van der Waals surface area contributed by atoms with Crippen LogP contribution in [-0.4, -0.2) is 30.3 Å². The van der Waals surface area contributed by atoms with E-state index in [2.05, 4.69) is 12.2 Å². The second-order valence-corrected chi connectivity index (χ2v) is 4.91. The molecule has 1 fully saturated rings. The SMILES string of the molecule is CC1CC(NCCOc2cccc(C(=O)O)c2)C1. The van der Waals surface area contributed by atoms with Crippen molar-refractivity contribution in [1.82, 2.24) is 5.32 Å². The lowest BCUT2D eigenvalue weighted by Gasteiger charge is -2.33. The molecule has 0 radical (unpaired) electrons. The topological polar surface area (TPSA) is 58.6 Å². The van der Waals surface area contributed by atoms with Gasteiger partial charge >= 0.3 is 5.97 Å². The first-order valence-electron chi connectivity index (χ1n) is 6.34. The third-order valence-electron chi connectivity index (χ3n) is 3.26. The lowest BCUT2D eigenvalue weighted by molar-refractivity contribution is 0.0696. The fraction of sp³-hybridized carbons (Fsp3) is 0.500. The van der Waals surface area contributed by atoms with Crippen molar-refractivity contribution in [3.63, 3.8) is 0 Å². The van der Waals surface area contributed by atoms with Crippen molar-refractivity contribution >= 4 is 5.97 Å². The van der Waals surface area contributed by atoms with E-state index in [-0.39, 0.29) is 5.56 Å². The fourth-order valence-corrected chi connectivity index (χ4v) is 2.22. The van der Waals surface area contributed by atoms with Gasteiger partial charge in [-0.3, -0.25) is 0 Å². The fourth-order valence-electron chi connectivity index (χ4n) is 2.22. The van der Waals surface area contributed by atoms with Gasteiger partial charge in [0, 0.05) is 12.6 Å². The Morgan fingerprint density at radius 3 is 2.94 bits per heavy atom. The molecule has 4 heteroatoms. The highest BCUT2D eigenvalue weighted by Gasteiger charge is 2.24. The maximum Gasteiger partial charge on any atom is 0.335 e. The minimum Gasteiger partial charge on any atom is -0.492 e. The Morgan fingerprint density at radius 2 is 2.28 bits per heavy atom. The molecule has 1 aliphatic carbocycles. The zero-order chi connectivity index (χ0) is 13.0. The first-order valence-corrected chi connectivity index (χ1v) is 6.34. The van der Waals surface area contributed by atoms with Gasteiger partial charge in [0.2, 0.25) is 0 Å². The molecular weight excluding hydrogens is 230 g/mol. The molecule has 1 aromatic carbocycles. The largest absolute Gasteiger partial charge is 0.492 e. The Balaban J connectivity index is 1.69. The molecule has 1 saturated carbocycles. The smallest absolute Gasteiger partial charge is 0.335 e. The molecular formula is C14H19NO3. The third kappa shape index (κ3) is 3.47. The van der Waals surface area contributed by atoms with Crippen LogP contribution in [0.15, 0.2) is 24.3 Å². The van der Waals surface area contributed by atoms with E-state index in [1.165, 1.54) is 12.8 Å². The van der Waals surface area contributed by atoms with Crippen LogP contribution in [0, 0.1) is 5.92 Å². The highest BCUT2D eigenvalue weighted by molar-refractivity contribution is 5.87. The summed E-state index contributed by atoms with van der Waals surface area (Å²) in [7, 11) is 0. The Hall–Kier alpha value is -1.55. The molecule has 18 heavy (non-hydrogen) atoms. The molecule has 0 unspecified atom stereocenters. The predicted molar refractivity (Wildman–Crippen MR) is 69.1 cm³/mol. The van der Waals surface area contributed by atoms with Crippen molar-refractivity contribution in [1.29, 1.82) is 0 Å². The van der Waals surface area contributed by atoms with Crippen molar-refractivity contribution in [2.75, 3.05) is 13.2 Å². The average Bonchev–Trinajstić information content (AvgIpc) is 2.32. The number of rotatable bonds is 6. The molecule has 2 N–H and O–H groups in total. The first kappa shape index (κ1) is 12.9. The molecule has 0 heterocycles. The zero-order valence-electron chi connectivity index (χ0n) is 10.6. The second-order valence-electron chi connectivity index (χ2n) is 4.91. The van der Waals surface area contributed by atoms with Gasteiger partial charge in [-0.1, -0.05) is 13.0 Å². The van der Waals surface area contributed by atoms with E-state index in [1.54, 1.807) is 24.3 Å². The van der Waals surface area contributed by atoms with Gasteiger partial charge in [-0.05, 0) is 37.0 Å². The molecule has 98 valence electrons. The van der Waals surface area contributed by atoms with Crippen molar-refractivity contribution in [3.05, 3.63) is 29.8 Å². The normalized spacial score (nSPS) is 22.3. The van der Waals surface area contributed by atoms with Crippen LogP contribution in [0.2, 0.25) is 0 Å². The number of hydrogen-bond donors (Lipinski definition) is 2. The highest BCUT2D eigenvalue weighted by atomic mass is 16.5. The van der Waals surface area contributed by atoms with E-state index >= 15 is 0 Å². The predicted octanol–water partition coefficient (Wildman–Crippen LogP) is 2.15. The standard InChI is InChI=1S/C14H19NO3/c1-10-7-12(8-10)15-5-6-18-13-4-2-3-11(9-13)14(16)17/h2-4,9-10,12,15H,5-8H2,1H3,(H,16,17). The Bertz CT molecular complexity index is 413. The van der Waals surface area contributed by atoms with E-state index in [4.69, 9.17) is 9.84 Å². The first-order chi connectivity index (χ1) is 8.65. The summed E-state index contributed by atoms with van der Waals surface area (Å²) in [4.78, 5) is 10.8. The van der Waals surface area contributed by atoms with Crippen molar-refractivity contribution in [2.45, 2.75) is 25.8 Å². The molecule has 0 aromatic heterocycles. The Morgan fingerprint density at radius 1 is 1.50 bits per heavy atom. The molecule has 0 amide bonds. The maximum atomic E-state index is 10.8. The van der Waals surface area contributed by atoms with Gasteiger partial charge in [-0.25, -0.2) is 4.79 Å². The summed E-state index contributed by atoms with van der Waals surface area (Å²) in [5.41, 5.74) is 0.258. The van der Waals surface area contributed by atoms with Crippen LogP contribution in [0.25, 0.3) is 0 Å². The summed E-state index contributed by atoms with van der Waals surface area (Å²) in [6, 6.07) is 7.21. The number of carboxylic acids is 1.